The topological polar surface area (TPSA) is 72.3 Å². The highest BCUT2D eigenvalue weighted by molar-refractivity contribution is 5.77. The molecule has 0 unspecified atom stereocenters. The number of hydrogen-bond donors (Lipinski definition) is 1. The van der Waals surface area contributed by atoms with Crippen LogP contribution in [0.5, 0.6) is 0 Å². The number of oxazole rings is 1. The van der Waals surface area contributed by atoms with E-state index in [0.717, 1.165) is 5.56 Å². The highest BCUT2D eigenvalue weighted by Crippen LogP contribution is 2.24. The number of H-pyrrole nitrogens is 1. The molecule has 0 saturated heterocycles. The van der Waals surface area contributed by atoms with Crippen LogP contribution in [0.3, 0.4) is 0 Å². The normalized spacial score (nSPS) is 11.7. The van der Waals surface area contributed by atoms with Crippen molar-refractivity contribution in [2.45, 2.75) is 20.3 Å². The summed E-state index contributed by atoms with van der Waals surface area (Å²) in [6.45, 7) is 3.64. The molecule has 1 aromatic carbocycles. The van der Waals surface area contributed by atoms with Gasteiger partial charge in [-0.25, -0.2) is 4.79 Å². The van der Waals surface area contributed by atoms with Crippen molar-refractivity contribution < 1.29 is 13.9 Å². The zero-order valence-electron chi connectivity index (χ0n) is 10.6. The Morgan fingerprint density at radius 1 is 1.44 bits per heavy atom. The van der Waals surface area contributed by atoms with Gasteiger partial charge in [-0.1, -0.05) is 6.07 Å². The fraction of sp³-hybridized carbons (Fsp3) is 0.385. The lowest BCUT2D eigenvalue weighted by atomic mass is 9.86. The summed E-state index contributed by atoms with van der Waals surface area (Å²) in [5.74, 6) is -0.738. The lowest BCUT2D eigenvalue weighted by molar-refractivity contribution is -0.150. The van der Waals surface area contributed by atoms with Crippen LogP contribution in [-0.2, 0) is 16.0 Å². The highest BCUT2D eigenvalue weighted by Gasteiger charge is 2.29. The third kappa shape index (κ3) is 2.30. The van der Waals surface area contributed by atoms with Crippen LogP contribution in [0.1, 0.15) is 19.4 Å². The monoisotopic (exact) mass is 249 g/mol. The van der Waals surface area contributed by atoms with E-state index in [4.69, 9.17) is 9.15 Å². The Morgan fingerprint density at radius 2 is 2.17 bits per heavy atom. The summed E-state index contributed by atoms with van der Waals surface area (Å²) in [6.07, 6.45) is 0.531. The maximum absolute atomic E-state index is 11.6. The van der Waals surface area contributed by atoms with Crippen molar-refractivity contribution in [2.75, 3.05) is 7.11 Å². The molecule has 5 nitrogen and oxygen atoms in total. The predicted molar refractivity (Wildman–Crippen MR) is 66.3 cm³/mol. The van der Waals surface area contributed by atoms with Gasteiger partial charge in [-0.15, -0.1) is 0 Å². The third-order valence-corrected chi connectivity index (χ3v) is 2.87. The Balaban J connectivity index is 2.32. The molecule has 5 heteroatoms. The molecule has 0 aliphatic carbocycles. The summed E-state index contributed by atoms with van der Waals surface area (Å²) >= 11 is 0. The zero-order valence-corrected chi connectivity index (χ0v) is 10.6. The van der Waals surface area contributed by atoms with E-state index < -0.39 is 11.2 Å². The van der Waals surface area contributed by atoms with E-state index in [-0.39, 0.29) is 5.97 Å². The number of nitrogens with one attached hydrogen (secondary N) is 1. The minimum absolute atomic E-state index is 0.261. The Morgan fingerprint density at radius 3 is 2.83 bits per heavy atom. The van der Waals surface area contributed by atoms with E-state index in [9.17, 15) is 9.59 Å². The third-order valence-electron chi connectivity index (χ3n) is 2.87. The number of aromatic nitrogens is 1. The maximum Gasteiger partial charge on any atom is 0.417 e. The number of benzene rings is 1. The van der Waals surface area contributed by atoms with Gasteiger partial charge >= 0.3 is 11.7 Å². The van der Waals surface area contributed by atoms with Gasteiger partial charge in [0.15, 0.2) is 5.58 Å². The lowest BCUT2D eigenvalue weighted by Gasteiger charge is -2.21. The molecule has 0 bridgehead atoms. The van der Waals surface area contributed by atoms with Gasteiger partial charge in [-0.05, 0) is 38.0 Å². The lowest BCUT2D eigenvalue weighted by Crippen LogP contribution is -2.27. The molecule has 0 amide bonds. The molecule has 0 radical (unpaired) electrons. The van der Waals surface area contributed by atoms with Gasteiger partial charge in [0.05, 0.1) is 18.0 Å². The summed E-state index contributed by atoms with van der Waals surface area (Å²) in [5.41, 5.74) is 1.49. The SMILES string of the molecule is COC(=O)C(C)(C)Cc1ccc2oc(=O)[nH]c2c1. The number of rotatable bonds is 3. The Bertz CT molecular complexity index is 636. The van der Waals surface area contributed by atoms with Gasteiger partial charge < -0.3 is 9.15 Å². The summed E-state index contributed by atoms with van der Waals surface area (Å²) in [7, 11) is 1.38. The van der Waals surface area contributed by atoms with E-state index in [2.05, 4.69) is 4.98 Å². The Hall–Kier alpha value is -2.04. The molecule has 0 saturated carbocycles. The van der Waals surface area contributed by atoms with Crippen molar-refractivity contribution >= 4 is 17.1 Å². The van der Waals surface area contributed by atoms with Gasteiger partial charge in [-0.2, -0.15) is 0 Å². The molecule has 1 aromatic heterocycles. The number of carbonyl (C=O) groups excluding carboxylic acids is 1. The number of methoxy groups -OCH3 is 1. The molecule has 0 aliphatic rings. The van der Waals surface area contributed by atoms with Crippen molar-refractivity contribution in [2.24, 2.45) is 5.41 Å². The summed E-state index contributed by atoms with van der Waals surface area (Å²) in [4.78, 5) is 25.2. The molecule has 2 aromatic rings. The van der Waals surface area contributed by atoms with Gasteiger partial charge in [-0.3, -0.25) is 9.78 Å². The first kappa shape index (κ1) is 12.4. The van der Waals surface area contributed by atoms with Gasteiger partial charge in [0, 0.05) is 0 Å². The van der Waals surface area contributed by atoms with E-state index in [1.807, 2.05) is 26.0 Å². The minimum Gasteiger partial charge on any atom is -0.469 e. The van der Waals surface area contributed by atoms with E-state index in [1.165, 1.54) is 7.11 Å². The summed E-state index contributed by atoms with van der Waals surface area (Å²) < 4.78 is 9.68. The molecule has 96 valence electrons. The predicted octanol–water partition coefficient (Wildman–Crippen LogP) is 1.86. The van der Waals surface area contributed by atoms with Gasteiger partial charge in [0.25, 0.3) is 0 Å². The quantitative estimate of drug-likeness (QED) is 0.843. The van der Waals surface area contributed by atoms with Crippen LogP contribution in [-0.4, -0.2) is 18.1 Å². The molecule has 0 spiro atoms. The number of aromatic amines is 1. The van der Waals surface area contributed by atoms with Crippen molar-refractivity contribution in [3.8, 4) is 0 Å². The number of ether oxygens (including phenoxy) is 1. The molecule has 18 heavy (non-hydrogen) atoms. The molecule has 1 heterocycles. The van der Waals surface area contributed by atoms with E-state index >= 15 is 0 Å². The van der Waals surface area contributed by atoms with Crippen molar-refractivity contribution in [3.63, 3.8) is 0 Å². The molecule has 1 N–H and O–H groups in total. The minimum atomic E-state index is -0.605. The fourth-order valence-corrected chi connectivity index (χ4v) is 1.97. The van der Waals surface area contributed by atoms with E-state index in [0.29, 0.717) is 17.5 Å². The van der Waals surface area contributed by atoms with Crippen LogP contribution in [0.25, 0.3) is 11.1 Å². The first-order valence-electron chi connectivity index (χ1n) is 5.62. The van der Waals surface area contributed by atoms with Crippen molar-refractivity contribution in [1.82, 2.24) is 4.98 Å². The Kier molecular flexibility index (Phi) is 2.98. The van der Waals surface area contributed by atoms with Crippen LogP contribution in [0.2, 0.25) is 0 Å². The van der Waals surface area contributed by atoms with Crippen molar-refractivity contribution in [3.05, 3.63) is 34.3 Å². The smallest absolute Gasteiger partial charge is 0.417 e. The van der Waals surface area contributed by atoms with E-state index in [1.54, 1.807) is 6.07 Å². The average molecular weight is 249 g/mol. The van der Waals surface area contributed by atoms with Crippen LogP contribution >= 0.6 is 0 Å². The number of esters is 1. The zero-order chi connectivity index (χ0) is 13.3. The second-order valence-electron chi connectivity index (χ2n) is 4.90. The Labute approximate surface area is 104 Å². The fourth-order valence-electron chi connectivity index (χ4n) is 1.97. The molecule has 0 atom stereocenters. The van der Waals surface area contributed by atoms with Crippen molar-refractivity contribution in [1.29, 1.82) is 0 Å². The van der Waals surface area contributed by atoms with Gasteiger partial charge in [0.1, 0.15) is 0 Å². The maximum atomic E-state index is 11.6. The van der Waals surface area contributed by atoms with Crippen LogP contribution in [0.4, 0.5) is 0 Å². The largest absolute Gasteiger partial charge is 0.469 e. The number of hydrogen-bond acceptors (Lipinski definition) is 4. The molecular weight excluding hydrogens is 234 g/mol. The standard InChI is InChI=1S/C13H15NO4/c1-13(2,11(15)17-3)7-8-4-5-10-9(6-8)14-12(16)18-10/h4-6H,7H2,1-3H3,(H,14,16). The summed E-state index contributed by atoms with van der Waals surface area (Å²) in [5, 5.41) is 0. The average Bonchev–Trinajstić information content (AvgIpc) is 2.66. The summed E-state index contributed by atoms with van der Waals surface area (Å²) in [6, 6.07) is 5.37. The van der Waals surface area contributed by atoms with Crippen LogP contribution in [0, 0.1) is 5.41 Å². The number of fused-ring (bicyclic) bond motifs is 1. The van der Waals surface area contributed by atoms with Crippen LogP contribution in [0.15, 0.2) is 27.4 Å². The second-order valence-corrected chi connectivity index (χ2v) is 4.90. The first-order chi connectivity index (χ1) is 8.42. The van der Waals surface area contributed by atoms with Gasteiger partial charge in [0.2, 0.25) is 0 Å². The number of carbonyl (C=O) groups is 1. The molecule has 2 rings (SSSR count). The first-order valence-corrected chi connectivity index (χ1v) is 5.62. The molecular formula is C13H15NO4. The second kappa shape index (κ2) is 4.33. The molecule has 0 aliphatic heterocycles. The molecule has 0 fully saturated rings. The highest BCUT2D eigenvalue weighted by atomic mass is 16.5. The van der Waals surface area contributed by atoms with Crippen LogP contribution < -0.4 is 5.76 Å².